The highest BCUT2D eigenvalue weighted by atomic mass is 32.1. The smallest absolute Gasteiger partial charge is 0.0897 e. The van der Waals surface area contributed by atoms with E-state index >= 15 is 0 Å². The van der Waals surface area contributed by atoms with Gasteiger partial charge in [0.05, 0.1) is 16.7 Å². The van der Waals surface area contributed by atoms with Crippen molar-refractivity contribution in [2.45, 2.75) is 52.1 Å². The molecule has 0 saturated carbocycles. The Hall–Kier alpha value is -1.20. The Morgan fingerprint density at radius 1 is 1.37 bits per heavy atom. The number of hydrogen-bond acceptors (Lipinski definition) is 4. The molecule has 1 unspecified atom stereocenters. The fraction of sp³-hybridized carbons (Fsp3) is 0.571. The van der Waals surface area contributed by atoms with E-state index in [0.29, 0.717) is 6.04 Å². The molecule has 2 aromatic heterocycles. The van der Waals surface area contributed by atoms with Crippen LogP contribution in [0.15, 0.2) is 18.5 Å². The van der Waals surface area contributed by atoms with Gasteiger partial charge in [0.2, 0.25) is 0 Å². The van der Waals surface area contributed by atoms with Crippen molar-refractivity contribution >= 4 is 11.3 Å². The topological polar surface area (TPSA) is 56.7 Å². The zero-order valence-electron chi connectivity index (χ0n) is 11.8. The number of nitrogens with zero attached hydrogens (tertiary/aromatic N) is 3. The summed E-state index contributed by atoms with van der Waals surface area (Å²) in [7, 11) is 0. The number of hydrogen-bond donors (Lipinski definition) is 1. The maximum Gasteiger partial charge on any atom is 0.0897 e. The second-order valence-corrected chi connectivity index (χ2v) is 6.12. The van der Waals surface area contributed by atoms with E-state index in [1.165, 1.54) is 0 Å². The summed E-state index contributed by atoms with van der Waals surface area (Å²) in [5.41, 5.74) is 7.27. The van der Waals surface area contributed by atoms with Crippen LogP contribution in [0.4, 0.5) is 0 Å². The second-order valence-electron chi connectivity index (χ2n) is 4.85. The van der Waals surface area contributed by atoms with Crippen LogP contribution >= 0.6 is 11.3 Å². The fourth-order valence-corrected chi connectivity index (χ4v) is 3.01. The third-order valence-corrected chi connectivity index (χ3v) is 4.46. The van der Waals surface area contributed by atoms with Gasteiger partial charge in [0.15, 0.2) is 0 Å². The summed E-state index contributed by atoms with van der Waals surface area (Å²) in [6, 6.07) is 2.57. The van der Waals surface area contributed by atoms with Gasteiger partial charge in [0.25, 0.3) is 0 Å². The lowest BCUT2D eigenvalue weighted by Gasteiger charge is -2.12. The van der Waals surface area contributed by atoms with Crippen molar-refractivity contribution < 1.29 is 0 Å². The molecule has 0 aliphatic rings. The predicted octanol–water partition coefficient (Wildman–Crippen LogP) is 3.25. The van der Waals surface area contributed by atoms with Crippen LogP contribution in [0.1, 0.15) is 54.4 Å². The Morgan fingerprint density at radius 3 is 2.68 bits per heavy atom. The molecule has 0 bridgehead atoms. The highest BCUT2D eigenvalue weighted by Crippen LogP contribution is 2.22. The maximum absolute atomic E-state index is 6.21. The molecule has 1 atom stereocenters. The fourth-order valence-electron chi connectivity index (χ4n) is 2.23. The van der Waals surface area contributed by atoms with E-state index in [-0.39, 0.29) is 6.04 Å². The first-order valence-corrected chi connectivity index (χ1v) is 7.67. The molecule has 0 fully saturated rings. The third-order valence-electron chi connectivity index (χ3n) is 3.41. The Morgan fingerprint density at radius 2 is 2.11 bits per heavy atom. The van der Waals surface area contributed by atoms with Crippen molar-refractivity contribution in [3.63, 3.8) is 0 Å². The van der Waals surface area contributed by atoms with Gasteiger partial charge in [-0.05, 0) is 25.8 Å². The predicted molar refractivity (Wildman–Crippen MR) is 79.3 cm³/mol. The molecular weight excluding hydrogens is 256 g/mol. The number of aromatic nitrogens is 3. The van der Waals surface area contributed by atoms with Crippen molar-refractivity contribution in [3.05, 3.63) is 34.0 Å². The third kappa shape index (κ3) is 3.42. The summed E-state index contributed by atoms with van der Waals surface area (Å²) < 4.78 is 2.07. The Labute approximate surface area is 118 Å². The average Bonchev–Trinajstić information content (AvgIpc) is 3.00. The summed E-state index contributed by atoms with van der Waals surface area (Å²) in [5, 5.41) is 5.71. The molecule has 0 aliphatic carbocycles. The number of rotatable bonds is 6. The highest BCUT2D eigenvalue weighted by Gasteiger charge is 2.13. The van der Waals surface area contributed by atoms with Gasteiger partial charge in [-0.2, -0.15) is 5.10 Å². The molecule has 2 N–H and O–H groups in total. The molecule has 2 rings (SSSR count). The van der Waals surface area contributed by atoms with Crippen LogP contribution in [0, 0.1) is 6.92 Å². The SMILES string of the molecule is CCC(CC)n1ccc(CC(N)c2cnc(C)s2)n1. The van der Waals surface area contributed by atoms with Crippen LogP contribution in [0.25, 0.3) is 0 Å². The summed E-state index contributed by atoms with van der Waals surface area (Å²) in [5.74, 6) is 0. The first kappa shape index (κ1) is 14.2. The van der Waals surface area contributed by atoms with Crippen molar-refractivity contribution in [2.24, 2.45) is 5.73 Å². The first-order chi connectivity index (χ1) is 9.13. The number of nitrogens with two attached hydrogens (primary N) is 1. The molecule has 104 valence electrons. The Balaban J connectivity index is 2.03. The van der Waals surface area contributed by atoms with Gasteiger partial charge in [0, 0.05) is 29.7 Å². The normalized spacial score (nSPS) is 13.1. The molecule has 0 aliphatic heterocycles. The lowest BCUT2D eigenvalue weighted by molar-refractivity contribution is 0.424. The highest BCUT2D eigenvalue weighted by molar-refractivity contribution is 7.11. The second kappa shape index (κ2) is 6.30. The van der Waals surface area contributed by atoms with E-state index in [9.17, 15) is 0 Å². The molecule has 0 aromatic carbocycles. The van der Waals surface area contributed by atoms with E-state index in [0.717, 1.165) is 34.8 Å². The molecular formula is C14H22N4S. The molecule has 0 amide bonds. The molecule has 2 aromatic rings. The zero-order valence-corrected chi connectivity index (χ0v) is 12.7. The van der Waals surface area contributed by atoms with Crippen LogP contribution in [0.5, 0.6) is 0 Å². The molecule has 0 saturated heterocycles. The summed E-state index contributed by atoms with van der Waals surface area (Å²) in [6.45, 7) is 6.39. The summed E-state index contributed by atoms with van der Waals surface area (Å²) in [4.78, 5) is 5.39. The Kier molecular flexibility index (Phi) is 4.71. The van der Waals surface area contributed by atoms with E-state index in [1.54, 1.807) is 11.3 Å². The minimum Gasteiger partial charge on any atom is -0.323 e. The molecule has 4 nitrogen and oxygen atoms in total. The van der Waals surface area contributed by atoms with Crippen LogP contribution < -0.4 is 5.73 Å². The zero-order chi connectivity index (χ0) is 13.8. The van der Waals surface area contributed by atoms with E-state index < -0.39 is 0 Å². The van der Waals surface area contributed by atoms with Crippen LogP contribution in [-0.4, -0.2) is 14.8 Å². The molecule has 19 heavy (non-hydrogen) atoms. The van der Waals surface area contributed by atoms with Gasteiger partial charge in [0.1, 0.15) is 0 Å². The molecule has 5 heteroatoms. The molecule has 0 spiro atoms. The van der Waals surface area contributed by atoms with Crippen LogP contribution in [0.2, 0.25) is 0 Å². The van der Waals surface area contributed by atoms with Crippen LogP contribution in [0.3, 0.4) is 0 Å². The Bertz CT molecular complexity index is 513. The summed E-state index contributed by atoms with van der Waals surface area (Å²) >= 11 is 1.67. The van der Waals surface area contributed by atoms with E-state index in [4.69, 9.17) is 5.73 Å². The van der Waals surface area contributed by atoms with Gasteiger partial charge in [-0.25, -0.2) is 4.98 Å². The van der Waals surface area contributed by atoms with Crippen molar-refractivity contribution in [1.29, 1.82) is 0 Å². The standard InChI is InChI=1S/C14H22N4S/c1-4-12(5-2)18-7-6-11(17-18)8-13(15)14-9-16-10(3)19-14/h6-7,9,12-13H,4-5,8,15H2,1-3H3. The molecule has 0 radical (unpaired) electrons. The average molecular weight is 278 g/mol. The van der Waals surface area contributed by atoms with Crippen molar-refractivity contribution in [2.75, 3.05) is 0 Å². The minimum absolute atomic E-state index is 0.00347. The lowest BCUT2D eigenvalue weighted by atomic mass is 10.1. The summed E-state index contributed by atoms with van der Waals surface area (Å²) in [6.07, 6.45) is 6.93. The quantitative estimate of drug-likeness (QED) is 0.882. The largest absolute Gasteiger partial charge is 0.323 e. The van der Waals surface area contributed by atoms with Crippen molar-refractivity contribution in [3.8, 4) is 0 Å². The maximum atomic E-state index is 6.21. The minimum atomic E-state index is -0.00347. The van der Waals surface area contributed by atoms with Crippen molar-refractivity contribution in [1.82, 2.24) is 14.8 Å². The van der Waals surface area contributed by atoms with E-state index in [2.05, 4.69) is 40.9 Å². The van der Waals surface area contributed by atoms with Gasteiger partial charge in [-0.1, -0.05) is 13.8 Å². The van der Waals surface area contributed by atoms with Crippen LogP contribution in [-0.2, 0) is 6.42 Å². The van der Waals surface area contributed by atoms with Gasteiger partial charge >= 0.3 is 0 Å². The molecule has 2 heterocycles. The lowest BCUT2D eigenvalue weighted by Crippen LogP contribution is -2.13. The van der Waals surface area contributed by atoms with Gasteiger partial charge in [-0.3, -0.25) is 4.68 Å². The monoisotopic (exact) mass is 278 g/mol. The van der Waals surface area contributed by atoms with E-state index in [1.807, 2.05) is 13.1 Å². The number of thiazole rings is 1. The van der Waals surface area contributed by atoms with Gasteiger partial charge in [-0.15, -0.1) is 11.3 Å². The number of aryl methyl sites for hydroxylation is 1. The van der Waals surface area contributed by atoms with Gasteiger partial charge < -0.3 is 5.73 Å². The first-order valence-electron chi connectivity index (χ1n) is 6.86.